The van der Waals surface area contributed by atoms with Crippen LogP contribution in [-0.2, 0) is 19.3 Å². The van der Waals surface area contributed by atoms with E-state index in [1.807, 2.05) is 0 Å². The fourth-order valence-electron chi connectivity index (χ4n) is 2.11. The number of carbonyl (C=O) groups excluding carboxylic acids is 1. The first-order valence-corrected chi connectivity index (χ1v) is 6.89. The number of fused-ring (bicyclic) bond motifs is 1. The lowest BCUT2D eigenvalue weighted by molar-refractivity contribution is 0.0945. The zero-order valence-electron chi connectivity index (χ0n) is 9.90. The number of nitrogens with one attached hydrogen (secondary N) is 2. The van der Waals surface area contributed by atoms with Crippen molar-refractivity contribution in [2.75, 3.05) is 6.54 Å². The standard InChI is InChI=1S/C12H14N4OS/c17-12(11-13-6-7-14-11)15-5-4-10-16-8-2-1-3-9(8)18-10/h6-7H,1-5H2,(H,13,14)(H,15,17). The van der Waals surface area contributed by atoms with Gasteiger partial charge in [-0.1, -0.05) is 0 Å². The predicted octanol–water partition coefficient (Wildman–Crippen LogP) is 1.33. The molecule has 0 fully saturated rings. The fraction of sp³-hybridized carbons (Fsp3) is 0.417. The third-order valence-electron chi connectivity index (χ3n) is 2.98. The maximum absolute atomic E-state index is 11.6. The molecule has 1 amide bonds. The van der Waals surface area contributed by atoms with Crippen LogP contribution in [0.15, 0.2) is 12.4 Å². The van der Waals surface area contributed by atoms with E-state index in [9.17, 15) is 4.79 Å². The van der Waals surface area contributed by atoms with Crippen molar-refractivity contribution < 1.29 is 4.79 Å². The van der Waals surface area contributed by atoms with Gasteiger partial charge >= 0.3 is 0 Å². The molecule has 2 heterocycles. The molecular formula is C12H14N4OS. The molecule has 0 unspecified atom stereocenters. The first kappa shape index (κ1) is 11.4. The average Bonchev–Trinajstić information content (AvgIpc) is 3.05. The monoisotopic (exact) mass is 262 g/mol. The Labute approximate surface area is 109 Å². The maximum atomic E-state index is 11.6. The lowest BCUT2D eigenvalue weighted by atomic mass is 10.3. The topological polar surface area (TPSA) is 70.7 Å². The highest BCUT2D eigenvalue weighted by Crippen LogP contribution is 2.27. The van der Waals surface area contributed by atoms with Gasteiger partial charge in [0, 0.05) is 30.2 Å². The summed E-state index contributed by atoms with van der Waals surface area (Å²) < 4.78 is 0. The van der Waals surface area contributed by atoms with Crippen molar-refractivity contribution in [1.82, 2.24) is 20.3 Å². The second-order valence-corrected chi connectivity index (χ2v) is 5.44. The highest BCUT2D eigenvalue weighted by molar-refractivity contribution is 7.11. The highest BCUT2D eigenvalue weighted by atomic mass is 32.1. The summed E-state index contributed by atoms with van der Waals surface area (Å²) in [5.41, 5.74) is 1.27. The molecule has 0 bridgehead atoms. The Morgan fingerprint density at radius 2 is 2.44 bits per heavy atom. The predicted molar refractivity (Wildman–Crippen MR) is 68.8 cm³/mol. The molecule has 1 aliphatic carbocycles. The minimum absolute atomic E-state index is 0.163. The zero-order chi connectivity index (χ0) is 12.4. The van der Waals surface area contributed by atoms with Crippen LogP contribution in [0, 0.1) is 0 Å². The van der Waals surface area contributed by atoms with Gasteiger partial charge < -0.3 is 10.3 Å². The second kappa shape index (κ2) is 4.89. The first-order chi connectivity index (χ1) is 8.83. The van der Waals surface area contributed by atoms with Crippen molar-refractivity contribution in [1.29, 1.82) is 0 Å². The number of carbonyl (C=O) groups is 1. The molecule has 0 aromatic carbocycles. The molecule has 18 heavy (non-hydrogen) atoms. The average molecular weight is 262 g/mol. The van der Waals surface area contributed by atoms with Crippen molar-refractivity contribution in [3.8, 4) is 0 Å². The number of aromatic amines is 1. The van der Waals surface area contributed by atoms with E-state index in [0.29, 0.717) is 12.4 Å². The van der Waals surface area contributed by atoms with E-state index in [4.69, 9.17) is 0 Å². The summed E-state index contributed by atoms with van der Waals surface area (Å²) in [6.07, 6.45) is 7.53. The summed E-state index contributed by atoms with van der Waals surface area (Å²) in [5, 5.41) is 3.96. The van der Waals surface area contributed by atoms with Crippen molar-refractivity contribution in [2.45, 2.75) is 25.7 Å². The molecule has 2 aromatic rings. The number of aryl methyl sites for hydroxylation is 2. The third kappa shape index (κ3) is 2.28. The van der Waals surface area contributed by atoms with Crippen LogP contribution < -0.4 is 5.32 Å². The third-order valence-corrected chi connectivity index (χ3v) is 4.19. The van der Waals surface area contributed by atoms with Gasteiger partial charge in [-0.3, -0.25) is 4.79 Å². The molecule has 0 saturated heterocycles. The first-order valence-electron chi connectivity index (χ1n) is 6.08. The number of nitrogens with zero attached hydrogens (tertiary/aromatic N) is 2. The summed E-state index contributed by atoms with van der Waals surface area (Å²) in [4.78, 5) is 24.3. The van der Waals surface area contributed by atoms with E-state index in [1.165, 1.54) is 23.4 Å². The molecule has 1 aliphatic rings. The number of hydrogen-bond acceptors (Lipinski definition) is 4. The van der Waals surface area contributed by atoms with Crippen LogP contribution in [0.4, 0.5) is 0 Å². The minimum Gasteiger partial charge on any atom is -0.349 e. The Hall–Kier alpha value is -1.69. The Bertz CT molecular complexity index is 525. The molecule has 6 heteroatoms. The van der Waals surface area contributed by atoms with Gasteiger partial charge in [0.15, 0.2) is 5.82 Å². The highest BCUT2D eigenvalue weighted by Gasteiger charge is 2.16. The van der Waals surface area contributed by atoms with Crippen LogP contribution in [0.5, 0.6) is 0 Å². The Morgan fingerprint density at radius 1 is 1.50 bits per heavy atom. The SMILES string of the molecule is O=C(NCCc1nc2c(s1)CCC2)c1ncc[nH]1. The number of aromatic nitrogens is 3. The van der Waals surface area contributed by atoms with E-state index >= 15 is 0 Å². The van der Waals surface area contributed by atoms with Gasteiger partial charge in [0.1, 0.15) is 0 Å². The molecule has 0 aliphatic heterocycles. The van der Waals surface area contributed by atoms with E-state index in [0.717, 1.165) is 17.8 Å². The minimum atomic E-state index is -0.163. The van der Waals surface area contributed by atoms with Gasteiger partial charge in [0.2, 0.25) is 0 Å². The number of rotatable bonds is 4. The zero-order valence-corrected chi connectivity index (χ0v) is 10.7. The Kier molecular flexibility index (Phi) is 3.10. The number of hydrogen-bond donors (Lipinski definition) is 2. The molecule has 0 saturated carbocycles. The van der Waals surface area contributed by atoms with Crippen LogP contribution in [0.25, 0.3) is 0 Å². The van der Waals surface area contributed by atoms with Gasteiger partial charge in [-0.15, -0.1) is 11.3 Å². The smallest absolute Gasteiger partial charge is 0.287 e. The summed E-state index contributed by atoms with van der Waals surface area (Å²) in [6.45, 7) is 0.603. The van der Waals surface area contributed by atoms with E-state index < -0.39 is 0 Å². The Morgan fingerprint density at radius 3 is 3.22 bits per heavy atom. The van der Waals surface area contributed by atoms with Crippen LogP contribution in [0.3, 0.4) is 0 Å². The summed E-state index contributed by atoms with van der Waals surface area (Å²) in [7, 11) is 0. The number of H-pyrrole nitrogens is 1. The van der Waals surface area contributed by atoms with Crippen LogP contribution in [0.2, 0.25) is 0 Å². The normalized spacial score (nSPS) is 13.6. The fourth-order valence-corrected chi connectivity index (χ4v) is 3.26. The van der Waals surface area contributed by atoms with Crippen molar-refractivity contribution >= 4 is 17.2 Å². The van der Waals surface area contributed by atoms with Gasteiger partial charge in [-0.05, 0) is 19.3 Å². The van der Waals surface area contributed by atoms with Crippen LogP contribution in [0.1, 0.15) is 32.6 Å². The van der Waals surface area contributed by atoms with E-state index in [1.54, 1.807) is 23.7 Å². The molecule has 0 atom stereocenters. The molecule has 5 nitrogen and oxygen atoms in total. The van der Waals surface area contributed by atoms with Crippen molar-refractivity contribution in [3.05, 3.63) is 33.8 Å². The van der Waals surface area contributed by atoms with Crippen molar-refractivity contribution in [2.24, 2.45) is 0 Å². The largest absolute Gasteiger partial charge is 0.349 e. The molecule has 2 aromatic heterocycles. The van der Waals surface area contributed by atoms with Gasteiger partial charge in [-0.2, -0.15) is 0 Å². The maximum Gasteiger partial charge on any atom is 0.287 e. The summed E-state index contributed by atoms with van der Waals surface area (Å²) in [6, 6.07) is 0. The van der Waals surface area contributed by atoms with E-state index in [-0.39, 0.29) is 5.91 Å². The molecule has 2 N–H and O–H groups in total. The molecule has 0 radical (unpaired) electrons. The van der Waals surface area contributed by atoms with Crippen LogP contribution in [-0.4, -0.2) is 27.4 Å². The molecule has 94 valence electrons. The van der Waals surface area contributed by atoms with Crippen LogP contribution >= 0.6 is 11.3 Å². The molecule has 3 rings (SSSR count). The Balaban J connectivity index is 1.51. The number of imidazole rings is 1. The summed E-state index contributed by atoms with van der Waals surface area (Å²) >= 11 is 1.79. The molecule has 0 spiro atoms. The second-order valence-electron chi connectivity index (χ2n) is 4.27. The van der Waals surface area contributed by atoms with Gasteiger partial charge in [0.25, 0.3) is 5.91 Å². The molecular weight excluding hydrogens is 248 g/mol. The lowest BCUT2D eigenvalue weighted by Crippen LogP contribution is -2.26. The lowest BCUT2D eigenvalue weighted by Gasteiger charge is -2.00. The van der Waals surface area contributed by atoms with E-state index in [2.05, 4.69) is 20.3 Å². The quantitative estimate of drug-likeness (QED) is 0.873. The van der Waals surface area contributed by atoms with Gasteiger partial charge in [-0.25, -0.2) is 9.97 Å². The summed E-state index contributed by atoms with van der Waals surface area (Å²) in [5.74, 6) is 0.195. The number of thiazole rings is 1. The van der Waals surface area contributed by atoms with Gasteiger partial charge in [0.05, 0.1) is 10.7 Å². The number of amides is 1. The van der Waals surface area contributed by atoms with Crippen molar-refractivity contribution in [3.63, 3.8) is 0 Å².